The summed E-state index contributed by atoms with van der Waals surface area (Å²) in [5.41, 5.74) is 6.03. The maximum absolute atomic E-state index is 13.2. The summed E-state index contributed by atoms with van der Waals surface area (Å²) >= 11 is 0. The van der Waals surface area contributed by atoms with E-state index in [0.29, 0.717) is 5.56 Å². The van der Waals surface area contributed by atoms with E-state index in [0.717, 1.165) is 52.9 Å². The minimum Gasteiger partial charge on any atom is -0.440 e. The molecule has 33 heavy (non-hydrogen) atoms. The number of aryl methyl sites for hydroxylation is 1. The smallest absolute Gasteiger partial charge is 0.340 e. The number of carbonyl (C=O) groups is 1. The topological polar surface area (TPSA) is 34.5 Å². The van der Waals surface area contributed by atoms with Gasteiger partial charge in [0.1, 0.15) is 0 Å². The summed E-state index contributed by atoms with van der Waals surface area (Å²) in [4.78, 5) is 15.5. The second-order valence-electron chi connectivity index (χ2n) is 8.56. The summed E-state index contributed by atoms with van der Waals surface area (Å²) in [7, 11) is 0. The first-order valence-electron chi connectivity index (χ1n) is 11.8. The fourth-order valence-corrected chi connectivity index (χ4v) is 5.54. The van der Waals surface area contributed by atoms with Crippen LogP contribution < -0.4 is 4.90 Å². The second kappa shape index (κ2) is 8.11. The van der Waals surface area contributed by atoms with Gasteiger partial charge < -0.3 is 14.2 Å². The zero-order valence-electron chi connectivity index (χ0n) is 19.8. The number of hydrogen-bond donors (Lipinski definition) is 0. The van der Waals surface area contributed by atoms with Gasteiger partial charge in [-0.15, -0.1) is 0 Å². The number of rotatable bonds is 6. The number of ether oxygens (including phenoxy) is 1. The van der Waals surface area contributed by atoms with Crippen molar-refractivity contribution in [1.82, 2.24) is 4.57 Å². The molecule has 168 valence electrons. The molecule has 0 fully saturated rings. The molecule has 1 aliphatic rings. The molecule has 0 aliphatic carbocycles. The number of nitrogens with zero attached hydrogens (tertiary/aromatic N) is 2. The maximum atomic E-state index is 13.2. The molecular weight excluding hydrogens is 408 g/mol. The molecule has 0 spiro atoms. The lowest BCUT2D eigenvalue weighted by Gasteiger charge is -2.31. The largest absolute Gasteiger partial charge is 0.440 e. The van der Waals surface area contributed by atoms with Crippen molar-refractivity contribution < 1.29 is 9.53 Å². The number of cyclic esters (lactones) is 1. The third kappa shape index (κ3) is 3.01. The van der Waals surface area contributed by atoms with Crippen molar-refractivity contribution >= 4 is 22.6 Å². The summed E-state index contributed by atoms with van der Waals surface area (Å²) in [6, 6.07) is 24.8. The molecule has 0 saturated carbocycles. The summed E-state index contributed by atoms with van der Waals surface area (Å²) in [5.74, 6) is -0.272. The highest BCUT2D eigenvalue weighted by atomic mass is 16.6. The van der Waals surface area contributed by atoms with Gasteiger partial charge in [0.05, 0.1) is 5.56 Å². The second-order valence-corrected chi connectivity index (χ2v) is 8.56. The van der Waals surface area contributed by atoms with Crippen molar-refractivity contribution in [1.29, 1.82) is 0 Å². The van der Waals surface area contributed by atoms with Crippen molar-refractivity contribution in [3.05, 3.63) is 101 Å². The number of carbonyl (C=O) groups excluding carboxylic acids is 1. The Balaban J connectivity index is 1.84. The van der Waals surface area contributed by atoms with Gasteiger partial charge in [-0.25, -0.2) is 4.79 Å². The Kier molecular flexibility index (Phi) is 5.24. The van der Waals surface area contributed by atoms with E-state index in [2.05, 4.69) is 85.7 Å². The molecule has 1 unspecified atom stereocenters. The Morgan fingerprint density at radius 3 is 2.24 bits per heavy atom. The Hall–Kier alpha value is -3.53. The molecule has 0 amide bonds. The molecule has 2 heterocycles. The number of anilines is 1. The maximum Gasteiger partial charge on any atom is 0.340 e. The van der Waals surface area contributed by atoms with Crippen LogP contribution in [-0.2, 0) is 16.9 Å². The predicted molar refractivity (Wildman–Crippen MR) is 134 cm³/mol. The number of para-hydroxylation sites is 1. The van der Waals surface area contributed by atoms with E-state index in [9.17, 15) is 4.79 Å². The average Bonchev–Trinajstić information content (AvgIpc) is 3.31. The van der Waals surface area contributed by atoms with Crippen molar-refractivity contribution in [2.24, 2.45) is 0 Å². The van der Waals surface area contributed by atoms with Crippen LogP contribution in [0.25, 0.3) is 10.9 Å². The Morgan fingerprint density at radius 1 is 0.879 bits per heavy atom. The van der Waals surface area contributed by atoms with Crippen molar-refractivity contribution in [3.8, 4) is 0 Å². The van der Waals surface area contributed by atoms with Gasteiger partial charge in [-0.3, -0.25) is 0 Å². The molecule has 0 bridgehead atoms. The molecule has 0 saturated heterocycles. The van der Waals surface area contributed by atoms with E-state index in [1.807, 2.05) is 24.3 Å². The molecule has 5 rings (SSSR count). The fraction of sp³-hybridized carbons (Fsp3) is 0.276. The van der Waals surface area contributed by atoms with Crippen LogP contribution in [-0.4, -0.2) is 23.6 Å². The first kappa shape index (κ1) is 21.3. The molecule has 4 aromatic rings. The van der Waals surface area contributed by atoms with E-state index < -0.39 is 5.60 Å². The van der Waals surface area contributed by atoms with Gasteiger partial charge in [-0.05, 0) is 52.0 Å². The van der Waals surface area contributed by atoms with Gasteiger partial charge in [-0.2, -0.15) is 0 Å². The first-order chi connectivity index (χ1) is 16.1. The number of fused-ring (bicyclic) bond motifs is 2. The standard InChI is InChI=1S/C29H30N2O2/c1-5-30(6-2)22-18-16-21(17-19-22)29(25-14-10-8-12-23(25)28(32)33-29)27-20(4)31(7-3)26-15-11-9-13-24(26)27/h8-19H,5-7H2,1-4H3. The predicted octanol–water partition coefficient (Wildman–Crippen LogP) is 6.28. The molecule has 0 N–H and O–H groups in total. The quantitative estimate of drug-likeness (QED) is 0.332. The van der Waals surface area contributed by atoms with E-state index in [1.165, 1.54) is 5.69 Å². The molecule has 1 atom stereocenters. The highest BCUT2D eigenvalue weighted by Crippen LogP contribution is 2.51. The van der Waals surface area contributed by atoms with Gasteiger partial charge in [0.15, 0.2) is 5.60 Å². The summed E-state index contributed by atoms with van der Waals surface area (Å²) in [6.07, 6.45) is 0. The van der Waals surface area contributed by atoms with E-state index in [1.54, 1.807) is 0 Å². The highest BCUT2D eigenvalue weighted by molar-refractivity contribution is 5.98. The molecule has 3 aromatic carbocycles. The molecule has 0 radical (unpaired) electrons. The molecular formula is C29H30N2O2. The average molecular weight is 439 g/mol. The van der Waals surface area contributed by atoms with Crippen molar-refractivity contribution in [2.75, 3.05) is 18.0 Å². The van der Waals surface area contributed by atoms with Crippen LogP contribution in [0.1, 0.15) is 53.5 Å². The normalized spacial score (nSPS) is 17.3. The molecule has 4 nitrogen and oxygen atoms in total. The monoisotopic (exact) mass is 438 g/mol. The zero-order chi connectivity index (χ0) is 23.2. The third-order valence-electron chi connectivity index (χ3n) is 7.07. The summed E-state index contributed by atoms with van der Waals surface area (Å²) in [6.45, 7) is 11.4. The number of benzene rings is 3. The van der Waals surface area contributed by atoms with Crippen LogP contribution in [0.2, 0.25) is 0 Å². The number of hydrogen-bond acceptors (Lipinski definition) is 3. The minimum absolute atomic E-state index is 0.272. The number of aromatic nitrogens is 1. The van der Waals surface area contributed by atoms with Gasteiger partial charge in [0.2, 0.25) is 0 Å². The van der Waals surface area contributed by atoms with Gasteiger partial charge >= 0.3 is 5.97 Å². The van der Waals surface area contributed by atoms with Crippen LogP contribution in [0.4, 0.5) is 5.69 Å². The Bertz CT molecular complexity index is 1330. The molecule has 1 aliphatic heterocycles. The molecule has 1 aromatic heterocycles. The van der Waals surface area contributed by atoms with Crippen LogP contribution >= 0.6 is 0 Å². The number of esters is 1. The van der Waals surface area contributed by atoms with E-state index in [4.69, 9.17) is 4.74 Å². The first-order valence-corrected chi connectivity index (χ1v) is 11.8. The lowest BCUT2D eigenvalue weighted by molar-refractivity contribution is 0.0253. The fourth-order valence-electron chi connectivity index (χ4n) is 5.54. The van der Waals surface area contributed by atoms with Crippen LogP contribution in [0.3, 0.4) is 0 Å². The summed E-state index contributed by atoms with van der Waals surface area (Å²) in [5, 5.41) is 1.12. The van der Waals surface area contributed by atoms with Crippen LogP contribution in [0.5, 0.6) is 0 Å². The van der Waals surface area contributed by atoms with E-state index in [-0.39, 0.29) is 5.97 Å². The van der Waals surface area contributed by atoms with Gasteiger partial charge in [-0.1, -0.05) is 48.5 Å². The van der Waals surface area contributed by atoms with Crippen LogP contribution in [0.15, 0.2) is 72.8 Å². The lowest BCUT2D eigenvalue weighted by Crippen LogP contribution is -2.30. The minimum atomic E-state index is -0.987. The van der Waals surface area contributed by atoms with E-state index >= 15 is 0 Å². The third-order valence-corrected chi connectivity index (χ3v) is 7.07. The lowest BCUT2D eigenvalue weighted by atomic mass is 9.78. The van der Waals surface area contributed by atoms with Gasteiger partial charge in [0, 0.05) is 58.6 Å². The van der Waals surface area contributed by atoms with Crippen LogP contribution in [0, 0.1) is 6.92 Å². The zero-order valence-corrected chi connectivity index (χ0v) is 19.8. The Labute approximate surface area is 195 Å². The van der Waals surface area contributed by atoms with Gasteiger partial charge in [0.25, 0.3) is 0 Å². The highest BCUT2D eigenvalue weighted by Gasteiger charge is 2.50. The molecule has 4 heteroatoms. The van der Waals surface area contributed by atoms with Crippen molar-refractivity contribution in [2.45, 2.75) is 39.8 Å². The van der Waals surface area contributed by atoms with Crippen molar-refractivity contribution in [3.63, 3.8) is 0 Å². The summed E-state index contributed by atoms with van der Waals surface area (Å²) < 4.78 is 8.74. The SMILES string of the molecule is CCN(CC)c1ccc(C2(c3c(C)n(CC)c4ccccc34)OC(=O)c3ccccc32)cc1. The Morgan fingerprint density at radius 2 is 1.55 bits per heavy atom.